The molecule has 1 aromatic carbocycles. The lowest BCUT2D eigenvalue weighted by molar-refractivity contribution is 0.137. The first kappa shape index (κ1) is 13.0. The van der Waals surface area contributed by atoms with Gasteiger partial charge in [0.15, 0.2) is 5.65 Å². The SMILES string of the molecule is OC1(c2noc(-c3nnc4c5ccccc5n5cncc5n34)n2)CC1. The van der Waals surface area contributed by atoms with Crippen LogP contribution >= 0.6 is 0 Å². The van der Waals surface area contributed by atoms with Gasteiger partial charge < -0.3 is 9.63 Å². The molecule has 0 saturated heterocycles. The van der Waals surface area contributed by atoms with E-state index in [1.165, 1.54) is 0 Å². The van der Waals surface area contributed by atoms with E-state index in [4.69, 9.17) is 4.52 Å². The fourth-order valence-electron chi connectivity index (χ4n) is 3.17. The highest BCUT2D eigenvalue weighted by molar-refractivity contribution is 5.94. The lowest BCUT2D eigenvalue weighted by Gasteiger charge is -2.05. The van der Waals surface area contributed by atoms with E-state index >= 15 is 0 Å². The highest BCUT2D eigenvalue weighted by Crippen LogP contribution is 2.44. The second-order valence-corrected chi connectivity index (χ2v) is 6.28. The summed E-state index contributed by atoms with van der Waals surface area (Å²) in [6.45, 7) is 0. The van der Waals surface area contributed by atoms with Crippen LogP contribution in [-0.2, 0) is 5.60 Å². The number of aromatic nitrogens is 7. The molecule has 1 fully saturated rings. The minimum atomic E-state index is -0.957. The molecular formula is C16H11N7O2. The maximum Gasteiger partial charge on any atom is 0.296 e. The number of hydrogen-bond donors (Lipinski definition) is 1. The van der Waals surface area contributed by atoms with Crippen molar-refractivity contribution in [1.29, 1.82) is 0 Å². The van der Waals surface area contributed by atoms with E-state index in [9.17, 15) is 5.11 Å². The summed E-state index contributed by atoms with van der Waals surface area (Å²) < 4.78 is 9.14. The molecule has 1 saturated carbocycles. The molecule has 4 aromatic heterocycles. The van der Waals surface area contributed by atoms with Gasteiger partial charge in [0.1, 0.15) is 17.6 Å². The average molecular weight is 333 g/mol. The zero-order valence-corrected chi connectivity index (χ0v) is 12.9. The fourth-order valence-corrected chi connectivity index (χ4v) is 3.17. The second kappa shape index (κ2) is 4.19. The minimum absolute atomic E-state index is 0.223. The third-order valence-corrected chi connectivity index (χ3v) is 4.67. The van der Waals surface area contributed by atoms with Crippen molar-refractivity contribution in [3.8, 4) is 11.7 Å². The van der Waals surface area contributed by atoms with Crippen LogP contribution in [-0.4, -0.2) is 39.2 Å². The highest BCUT2D eigenvalue weighted by Gasteiger charge is 2.47. The molecular weight excluding hydrogens is 322 g/mol. The Morgan fingerprint density at radius 3 is 2.92 bits per heavy atom. The minimum Gasteiger partial charge on any atom is -0.382 e. The van der Waals surface area contributed by atoms with Gasteiger partial charge in [0.05, 0.1) is 11.7 Å². The number of hydrogen-bond acceptors (Lipinski definition) is 7. The molecule has 0 atom stereocenters. The number of rotatable bonds is 2. The normalized spacial score (nSPS) is 16.2. The molecule has 0 spiro atoms. The molecule has 9 nitrogen and oxygen atoms in total. The Morgan fingerprint density at radius 2 is 2.04 bits per heavy atom. The third-order valence-electron chi connectivity index (χ3n) is 4.67. The summed E-state index contributed by atoms with van der Waals surface area (Å²) in [5.74, 6) is 0.944. The van der Waals surface area contributed by atoms with Crippen molar-refractivity contribution in [2.45, 2.75) is 18.4 Å². The Labute approximate surface area is 139 Å². The molecule has 0 unspecified atom stereocenters. The van der Waals surface area contributed by atoms with Crippen LogP contribution in [0, 0.1) is 0 Å². The van der Waals surface area contributed by atoms with E-state index < -0.39 is 5.60 Å². The summed E-state index contributed by atoms with van der Waals surface area (Å²) in [4.78, 5) is 8.58. The van der Waals surface area contributed by atoms with Gasteiger partial charge in [-0.1, -0.05) is 17.3 Å². The lowest BCUT2D eigenvalue weighted by Crippen LogP contribution is -2.06. The van der Waals surface area contributed by atoms with Crippen LogP contribution in [0.15, 0.2) is 41.3 Å². The quantitative estimate of drug-likeness (QED) is 0.522. The van der Waals surface area contributed by atoms with E-state index in [1.807, 2.05) is 33.1 Å². The van der Waals surface area contributed by atoms with E-state index in [0.717, 1.165) is 16.6 Å². The van der Waals surface area contributed by atoms with Crippen molar-refractivity contribution < 1.29 is 9.63 Å². The molecule has 1 aliphatic rings. The number of fused-ring (bicyclic) bond motifs is 6. The zero-order valence-electron chi connectivity index (χ0n) is 12.9. The summed E-state index contributed by atoms with van der Waals surface area (Å²) in [6, 6.07) is 7.91. The van der Waals surface area contributed by atoms with Gasteiger partial charge in [-0.2, -0.15) is 4.98 Å². The van der Waals surface area contributed by atoms with Crippen LogP contribution in [0.3, 0.4) is 0 Å². The van der Waals surface area contributed by atoms with Crippen molar-refractivity contribution in [3.63, 3.8) is 0 Å². The number of nitrogens with zero attached hydrogens (tertiary/aromatic N) is 7. The summed E-state index contributed by atoms with van der Waals surface area (Å²) in [6.07, 6.45) is 4.76. The van der Waals surface area contributed by atoms with Gasteiger partial charge in [-0.25, -0.2) is 4.98 Å². The Kier molecular flexibility index (Phi) is 2.18. The van der Waals surface area contributed by atoms with E-state index in [1.54, 1.807) is 12.5 Å². The van der Waals surface area contributed by atoms with E-state index in [2.05, 4.69) is 25.3 Å². The summed E-state index contributed by atoms with van der Waals surface area (Å²) in [5.41, 5.74) is 1.50. The number of benzene rings is 1. The van der Waals surface area contributed by atoms with Crippen LogP contribution < -0.4 is 0 Å². The molecule has 0 radical (unpaired) electrons. The Hall–Kier alpha value is -3.33. The average Bonchev–Trinajstić information content (AvgIpc) is 3.12. The van der Waals surface area contributed by atoms with Gasteiger partial charge in [0.2, 0.25) is 11.6 Å². The summed E-state index contributed by atoms with van der Waals surface area (Å²) in [7, 11) is 0. The van der Waals surface area contributed by atoms with Gasteiger partial charge in [0.25, 0.3) is 5.89 Å². The summed E-state index contributed by atoms with van der Waals surface area (Å²) >= 11 is 0. The van der Waals surface area contributed by atoms with Crippen LogP contribution in [0.4, 0.5) is 0 Å². The van der Waals surface area contributed by atoms with Crippen molar-refractivity contribution in [3.05, 3.63) is 42.6 Å². The largest absolute Gasteiger partial charge is 0.382 e. The van der Waals surface area contributed by atoms with Gasteiger partial charge in [0, 0.05) is 5.39 Å². The van der Waals surface area contributed by atoms with Gasteiger partial charge in [-0.05, 0) is 25.0 Å². The first-order chi connectivity index (χ1) is 12.2. The number of imidazole rings is 1. The maximum absolute atomic E-state index is 10.2. The molecule has 1 aliphatic carbocycles. The first-order valence-corrected chi connectivity index (χ1v) is 7.89. The van der Waals surface area contributed by atoms with Crippen molar-refractivity contribution in [2.75, 3.05) is 0 Å². The van der Waals surface area contributed by atoms with Gasteiger partial charge in [-0.15, -0.1) is 10.2 Å². The number of aliphatic hydroxyl groups is 1. The second-order valence-electron chi connectivity index (χ2n) is 6.28. The van der Waals surface area contributed by atoms with Crippen molar-refractivity contribution in [1.82, 2.24) is 34.1 Å². The molecule has 9 heteroatoms. The van der Waals surface area contributed by atoms with E-state index in [0.29, 0.717) is 30.1 Å². The maximum atomic E-state index is 10.2. The predicted molar refractivity (Wildman–Crippen MR) is 85.7 cm³/mol. The smallest absolute Gasteiger partial charge is 0.296 e. The molecule has 6 rings (SSSR count). The lowest BCUT2D eigenvalue weighted by atomic mass is 10.2. The molecule has 25 heavy (non-hydrogen) atoms. The topological polar surface area (TPSA) is 107 Å². The Morgan fingerprint density at radius 1 is 1.16 bits per heavy atom. The molecule has 0 amide bonds. The van der Waals surface area contributed by atoms with E-state index in [-0.39, 0.29) is 5.89 Å². The van der Waals surface area contributed by atoms with Crippen LogP contribution in [0.25, 0.3) is 33.9 Å². The molecule has 4 heterocycles. The summed E-state index contributed by atoms with van der Waals surface area (Å²) in [5, 5.41) is 23.6. The fraction of sp³-hybridized carbons (Fsp3) is 0.188. The van der Waals surface area contributed by atoms with Crippen molar-refractivity contribution >= 4 is 22.2 Å². The molecule has 1 N–H and O–H groups in total. The molecule has 122 valence electrons. The number of para-hydroxylation sites is 1. The zero-order chi connectivity index (χ0) is 16.6. The Bertz CT molecular complexity index is 1280. The predicted octanol–water partition coefficient (Wildman–Crippen LogP) is 1.56. The van der Waals surface area contributed by atoms with Crippen LogP contribution in [0.1, 0.15) is 18.7 Å². The van der Waals surface area contributed by atoms with Crippen LogP contribution in [0.2, 0.25) is 0 Å². The first-order valence-electron chi connectivity index (χ1n) is 7.89. The standard InChI is InChI=1S/C16H11N7O2/c24-16(5-6-16)15-18-14(25-21-15)13-20-19-12-9-3-1-2-4-10(9)22-8-17-7-11(22)23(12)13/h1-4,7-8,24H,5-6H2. The van der Waals surface area contributed by atoms with Gasteiger partial charge in [-0.3, -0.25) is 8.80 Å². The molecule has 0 bridgehead atoms. The molecule has 0 aliphatic heterocycles. The monoisotopic (exact) mass is 333 g/mol. The Balaban J connectivity index is 1.70. The van der Waals surface area contributed by atoms with Crippen molar-refractivity contribution in [2.24, 2.45) is 0 Å². The van der Waals surface area contributed by atoms with Crippen LogP contribution in [0.5, 0.6) is 0 Å². The third kappa shape index (κ3) is 1.62. The van der Waals surface area contributed by atoms with Gasteiger partial charge >= 0.3 is 0 Å². The molecule has 5 aromatic rings. The highest BCUT2D eigenvalue weighted by atomic mass is 16.5.